The Labute approximate surface area is 275 Å². The molecule has 2 amide bonds. The topological polar surface area (TPSA) is 86.8 Å². The monoisotopic (exact) mass is 665 g/mol. The molecule has 0 spiro atoms. The number of hydrogen-bond acceptors (Lipinski definition) is 4. The molecule has 0 saturated heterocycles. The SMILES string of the molecule is CCc1ccc(N(CC(=O)N(Cc2ccc(Cl)cc2Cl)[C@@H](Cc2ccccc2)C(=O)NC(C)C)S(=O)(=O)c2ccccc2)cc1. The van der Waals surface area contributed by atoms with Crippen molar-refractivity contribution >= 4 is 50.7 Å². The highest BCUT2D eigenvalue weighted by molar-refractivity contribution is 7.92. The van der Waals surface area contributed by atoms with Crippen molar-refractivity contribution < 1.29 is 18.0 Å². The number of nitrogens with zero attached hydrogens (tertiary/aromatic N) is 2. The van der Waals surface area contributed by atoms with Crippen LogP contribution >= 0.6 is 23.2 Å². The molecule has 10 heteroatoms. The average Bonchev–Trinajstić information content (AvgIpc) is 3.03. The van der Waals surface area contributed by atoms with E-state index < -0.39 is 28.5 Å². The van der Waals surface area contributed by atoms with Crippen molar-refractivity contribution in [3.05, 3.63) is 130 Å². The lowest BCUT2D eigenvalue weighted by molar-refractivity contribution is -0.140. The summed E-state index contributed by atoms with van der Waals surface area (Å²) < 4.78 is 29.2. The molecule has 0 saturated carbocycles. The highest BCUT2D eigenvalue weighted by atomic mass is 35.5. The maximum absolute atomic E-state index is 14.5. The Balaban J connectivity index is 1.82. The summed E-state index contributed by atoms with van der Waals surface area (Å²) >= 11 is 12.7. The van der Waals surface area contributed by atoms with Gasteiger partial charge >= 0.3 is 0 Å². The number of rotatable bonds is 13. The summed E-state index contributed by atoms with van der Waals surface area (Å²) in [5.74, 6) is -0.933. The standard InChI is InChI=1S/C35H37Cl2N3O4S/c1-4-26-15-19-30(20-16-26)40(45(43,44)31-13-9-6-10-14-31)24-34(41)39(23-28-17-18-29(36)22-32(28)37)33(35(42)38-25(2)3)21-27-11-7-5-8-12-27/h5-20,22,25,33H,4,21,23-24H2,1-3H3,(H,38,42)/t33-/m0/s1. The van der Waals surface area contributed by atoms with Crippen molar-refractivity contribution in [3.63, 3.8) is 0 Å². The van der Waals surface area contributed by atoms with E-state index in [4.69, 9.17) is 23.2 Å². The summed E-state index contributed by atoms with van der Waals surface area (Å²) in [5.41, 5.74) is 2.76. The van der Waals surface area contributed by atoms with Crippen LogP contribution in [0.4, 0.5) is 5.69 Å². The molecule has 4 aromatic carbocycles. The van der Waals surface area contributed by atoms with E-state index >= 15 is 0 Å². The van der Waals surface area contributed by atoms with Gasteiger partial charge in [-0.1, -0.05) is 96.9 Å². The van der Waals surface area contributed by atoms with E-state index in [1.165, 1.54) is 17.0 Å². The van der Waals surface area contributed by atoms with Gasteiger partial charge in [-0.05, 0) is 73.4 Å². The summed E-state index contributed by atoms with van der Waals surface area (Å²) in [6.07, 6.45) is 0.972. The number of sulfonamides is 1. The summed E-state index contributed by atoms with van der Waals surface area (Å²) in [6.45, 7) is 5.09. The number of amides is 2. The molecule has 1 N–H and O–H groups in total. The van der Waals surface area contributed by atoms with Crippen molar-refractivity contribution in [2.75, 3.05) is 10.8 Å². The third-order valence-corrected chi connectivity index (χ3v) is 9.68. The van der Waals surface area contributed by atoms with Gasteiger partial charge in [-0.3, -0.25) is 13.9 Å². The first kappa shape index (κ1) is 34.0. The van der Waals surface area contributed by atoms with E-state index in [2.05, 4.69) is 5.32 Å². The van der Waals surface area contributed by atoms with Crippen LogP contribution in [0.2, 0.25) is 10.0 Å². The fraction of sp³-hybridized carbons (Fsp3) is 0.257. The van der Waals surface area contributed by atoms with E-state index in [1.54, 1.807) is 48.5 Å². The van der Waals surface area contributed by atoms with Gasteiger partial charge in [-0.25, -0.2) is 8.42 Å². The normalized spacial score (nSPS) is 12.0. The van der Waals surface area contributed by atoms with Crippen LogP contribution in [0.1, 0.15) is 37.5 Å². The molecule has 4 rings (SSSR count). The fourth-order valence-electron chi connectivity index (χ4n) is 4.91. The summed E-state index contributed by atoms with van der Waals surface area (Å²) in [7, 11) is -4.17. The van der Waals surface area contributed by atoms with Gasteiger partial charge in [0, 0.05) is 29.1 Å². The van der Waals surface area contributed by atoms with Gasteiger partial charge in [-0.2, -0.15) is 0 Å². The van der Waals surface area contributed by atoms with Crippen LogP contribution in [0.5, 0.6) is 0 Å². The first-order valence-electron chi connectivity index (χ1n) is 14.7. The second-order valence-electron chi connectivity index (χ2n) is 11.0. The molecule has 7 nitrogen and oxygen atoms in total. The average molecular weight is 667 g/mol. The van der Waals surface area contributed by atoms with Gasteiger partial charge in [0.15, 0.2) is 0 Å². The first-order valence-corrected chi connectivity index (χ1v) is 16.9. The summed E-state index contributed by atoms with van der Waals surface area (Å²) in [6, 6.07) is 28.2. The Morgan fingerprint density at radius 3 is 2.02 bits per heavy atom. The maximum atomic E-state index is 14.5. The molecule has 4 aromatic rings. The molecule has 0 bridgehead atoms. The Kier molecular flexibility index (Phi) is 11.7. The van der Waals surface area contributed by atoms with Crippen molar-refractivity contribution in [1.29, 1.82) is 0 Å². The molecule has 0 aliphatic rings. The van der Waals surface area contributed by atoms with E-state index in [0.29, 0.717) is 21.3 Å². The van der Waals surface area contributed by atoms with Crippen LogP contribution in [0.3, 0.4) is 0 Å². The zero-order chi connectivity index (χ0) is 32.6. The fourth-order valence-corrected chi connectivity index (χ4v) is 6.82. The molecule has 0 heterocycles. The predicted molar refractivity (Wildman–Crippen MR) is 181 cm³/mol. The number of carbonyl (C=O) groups is 2. The Hall–Kier alpha value is -3.85. The van der Waals surface area contributed by atoms with Crippen LogP contribution in [0.25, 0.3) is 0 Å². The van der Waals surface area contributed by atoms with E-state index in [9.17, 15) is 18.0 Å². The van der Waals surface area contributed by atoms with Gasteiger partial charge in [0.1, 0.15) is 12.6 Å². The van der Waals surface area contributed by atoms with E-state index in [1.807, 2.05) is 63.2 Å². The van der Waals surface area contributed by atoms with E-state index in [0.717, 1.165) is 21.9 Å². The molecule has 0 aliphatic carbocycles. The Morgan fingerprint density at radius 2 is 1.44 bits per heavy atom. The minimum Gasteiger partial charge on any atom is -0.352 e. The third-order valence-electron chi connectivity index (χ3n) is 7.30. The number of anilines is 1. The van der Waals surface area contributed by atoms with Crippen LogP contribution in [0, 0.1) is 0 Å². The number of benzene rings is 4. The van der Waals surface area contributed by atoms with Gasteiger partial charge in [-0.15, -0.1) is 0 Å². The lowest BCUT2D eigenvalue weighted by Crippen LogP contribution is -2.54. The van der Waals surface area contributed by atoms with Gasteiger partial charge in [0.2, 0.25) is 11.8 Å². The molecule has 0 aromatic heterocycles. The van der Waals surface area contributed by atoms with Crippen molar-refractivity contribution in [3.8, 4) is 0 Å². The van der Waals surface area contributed by atoms with Crippen molar-refractivity contribution in [1.82, 2.24) is 10.2 Å². The molecule has 0 fully saturated rings. The maximum Gasteiger partial charge on any atom is 0.264 e. The van der Waals surface area contributed by atoms with E-state index in [-0.39, 0.29) is 29.8 Å². The summed E-state index contributed by atoms with van der Waals surface area (Å²) in [5, 5.41) is 3.70. The lowest BCUT2D eigenvalue weighted by Gasteiger charge is -2.34. The summed E-state index contributed by atoms with van der Waals surface area (Å²) in [4.78, 5) is 29.7. The Morgan fingerprint density at radius 1 is 0.822 bits per heavy atom. The van der Waals surface area contributed by atoms with Crippen molar-refractivity contribution in [2.45, 2.75) is 57.1 Å². The number of hydrogen-bond donors (Lipinski definition) is 1. The highest BCUT2D eigenvalue weighted by Gasteiger charge is 2.35. The molecule has 45 heavy (non-hydrogen) atoms. The first-order chi connectivity index (χ1) is 21.5. The largest absolute Gasteiger partial charge is 0.352 e. The van der Waals surface area contributed by atoms with Gasteiger partial charge < -0.3 is 10.2 Å². The predicted octanol–water partition coefficient (Wildman–Crippen LogP) is 6.92. The molecular weight excluding hydrogens is 629 g/mol. The number of aryl methyl sites for hydroxylation is 1. The highest BCUT2D eigenvalue weighted by Crippen LogP contribution is 2.27. The zero-order valence-corrected chi connectivity index (χ0v) is 27.8. The number of halogens is 2. The van der Waals surface area contributed by atoms with Crippen LogP contribution in [-0.2, 0) is 39.0 Å². The smallest absolute Gasteiger partial charge is 0.264 e. The number of nitrogens with one attached hydrogen (secondary N) is 1. The van der Waals surface area contributed by atoms with Crippen LogP contribution < -0.4 is 9.62 Å². The third kappa shape index (κ3) is 8.87. The Bertz CT molecular complexity index is 1700. The zero-order valence-electron chi connectivity index (χ0n) is 25.5. The second-order valence-corrected chi connectivity index (χ2v) is 13.7. The molecule has 0 radical (unpaired) electrons. The van der Waals surface area contributed by atoms with Gasteiger partial charge in [0.25, 0.3) is 10.0 Å². The van der Waals surface area contributed by atoms with Crippen LogP contribution in [0.15, 0.2) is 108 Å². The minimum absolute atomic E-state index is 0.0445. The van der Waals surface area contributed by atoms with Crippen LogP contribution in [-0.4, -0.2) is 43.8 Å². The lowest BCUT2D eigenvalue weighted by atomic mass is 10.0. The second kappa shape index (κ2) is 15.4. The molecular formula is C35H37Cl2N3O4S. The minimum atomic E-state index is -4.17. The van der Waals surface area contributed by atoms with Gasteiger partial charge in [0.05, 0.1) is 10.6 Å². The molecule has 0 unspecified atom stereocenters. The molecule has 0 aliphatic heterocycles. The van der Waals surface area contributed by atoms with Crippen molar-refractivity contribution in [2.24, 2.45) is 0 Å². The number of carbonyl (C=O) groups excluding carboxylic acids is 2. The quantitative estimate of drug-likeness (QED) is 0.168. The molecule has 1 atom stereocenters. The molecule has 236 valence electrons.